The molecule has 6 heteroatoms. The van der Waals surface area contributed by atoms with Crippen molar-refractivity contribution in [1.82, 2.24) is 5.32 Å². The number of halogens is 1. The lowest BCUT2D eigenvalue weighted by Gasteiger charge is -2.23. The molecule has 3 N–H and O–H groups in total. The summed E-state index contributed by atoms with van der Waals surface area (Å²) in [6.45, 7) is 4.04. The zero-order valence-corrected chi connectivity index (χ0v) is 13.1. The Morgan fingerprint density at radius 1 is 1.30 bits per heavy atom. The minimum absolute atomic E-state index is 0.130. The number of primary amides is 1. The summed E-state index contributed by atoms with van der Waals surface area (Å²) in [5, 5.41) is 3.59. The Morgan fingerprint density at radius 2 is 1.95 bits per heavy atom. The van der Waals surface area contributed by atoms with Crippen molar-refractivity contribution >= 4 is 35.2 Å². The van der Waals surface area contributed by atoms with Crippen LogP contribution in [0.1, 0.15) is 25.5 Å². The highest BCUT2D eigenvalue weighted by Gasteiger charge is 2.20. The van der Waals surface area contributed by atoms with Crippen LogP contribution in [-0.4, -0.2) is 23.3 Å². The van der Waals surface area contributed by atoms with Crippen molar-refractivity contribution in [2.24, 2.45) is 11.7 Å². The van der Waals surface area contributed by atoms with Gasteiger partial charge in [0, 0.05) is 5.02 Å². The van der Waals surface area contributed by atoms with E-state index in [4.69, 9.17) is 17.3 Å². The smallest absolute Gasteiger partial charge is 0.230 e. The summed E-state index contributed by atoms with van der Waals surface area (Å²) in [7, 11) is 0. The maximum absolute atomic E-state index is 11.9. The number of amides is 2. The summed E-state index contributed by atoms with van der Waals surface area (Å²) in [5.41, 5.74) is 5.93. The van der Waals surface area contributed by atoms with Crippen molar-refractivity contribution in [3.8, 4) is 0 Å². The molecule has 0 spiro atoms. The molecule has 1 atom stereocenters. The second kappa shape index (κ2) is 8.17. The van der Waals surface area contributed by atoms with E-state index in [1.54, 1.807) is 6.07 Å². The molecule has 1 aromatic carbocycles. The fraction of sp³-hybridized carbons (Fsp3) is 0.429. The molecule has 2 amide bonds. The molecule has 0 saturated carbocycles. The topological polar surface area (TPSA) is 72.2 Å². The molecule has 1 aromatic rings. The van der Waals surface area contributed by atoms with Crippen LogP contribution < -0.4 is 11.1 Å². The predicted molar refractivity (Wildman–Crippen MR) is 83.7 cm³/mol. The van der Waals surface area contributed by atoms with E-state index in [1.165, 1.54) is 11.8 Å². The fourth-order valence-electron chi connectivity index (χ4n) is 1.79. The molecule has 110 valence electrons. The molecule has 0 heterocycles. The van der Waals surface area contributed by atoms with Crippen LogP contribution in [0.15, 0.2) is 24.3 Å². The van der Waals surface area contributed by atoms with Gasteiger partial charge in [-0.25, -0.2) is 0 Å². The molecule has 0 bridgehead atoms. The summed E-state index contributed by atoms with van der Waals surface area (Å²) in [4.78, 5) is 22.5. The third kappa shape index (κ3) is 5.43. The summed E-state index contributed by atoms with van der Waals surface area (Å²) in [5.74, 6) is 0.00632. The van der Waals surface area contributed by atoms with E-state index < -0.39 is 5.91 Å². The summed E-state index contributed by atoms with van der Waals surface area (Å²) in [6.07, 6.45) is 0. The Hall–Kier alpha value is -1.20. The van der Waals surface area contributed by atoms with Crippen LogP contribution in [0, 0.1) is 5.92 Å². The highest BCUT2D eigenvalue weighted by Crippen LogP contribution is 2.28. The fourth-order valence-corrected chi connectivity index (χ4v) is 2.62. The lowest BCUT2D eigenvalue weighted by Crippen LogP contribution is -2.33. The first-order valence-electron chi connectivity index (χ1n) is 6.31. The van der Waals surface area contributed by atoms with Crippen molar-refractivity contribution in [2.75, 3.05) is 11.5 Å². The molecule has 0 saturated heterocycles. The number of hydrogen-bond acceptors (Lipinski definition) is 3. The first-order chi connectivity index (χ1) is 9.41. The number of nitrogens with one attached hydrogen (secondary N) is 1. The molecule has 20 heavy (non-hydrogen) atoms. The minimum Gasteiger partial charge on any atom is -0.369 e. The highest BCUT2D eigenvalue weighted by atomic mass is 35.5. The summed E-state index contributed by atoms with van der Waals surface area (Å²) in [6, 6.07) is 7.31. The maximum atomic E-state index is 11.9. The molecule has 4 nitrogen and oxygen atoms in total. The molecular formula is C14H19ClN2O2S. The monoisotopic (exact) mass is 314 g/mol. The SMILES string of the molecule is CC(C)[C@H](NC(=O)CSCC(N)=O)c1ccccc1Cl. The van der Waals surface area contributed by atoms with E-state index in [9.17, 15) is 9.59 Å². The summed E-state index contributed by atoms with van der Waals surface area (Å²) < 4.78 is 0. The molecule has 0 aliphatic carbocycles. The Bertz CT molecular complexity index is 480. The molecule has 0 radical (unpaired) electrons. The van der Waals surface area contributed by atoms with Gasteiger partial charge in [-0.1, -0.05) is 43.6 Å². The van der Waals surface area contributed by atoms with Crippen molar-refractivity contribution < 1.29 is 9.59 Å². The van der Waals surface area contributed by atoms with Crippen molar-refractivity contribution in [1.29, 1.82) is 0 Å². The lowest BCUT2D eigenvalue weighted by molar-refractivity contribution is -0.119. The average molecular weight is 315 g/mol. The van der Waals surface area contributed by atoms with Crippen LogP contribution in [0.5, 0.6) is 0 Å². The number of carbonyl (C=O) groups is 2. The van der Waals surface area contributed by atoms with Gasteiger partial charge in [0.15, 0.2) is 0 Å². The van der Waals surface area contributed by atoms with Gasteiger partial charge >= 0.3 is 0 Å². The van der Waals surface area contributed by atoms with Gasteiger partial charge < -0.3 is 11.1 Å². The zero-order valence-electron chi connectivity index (χ0n) is 11.6. The van der Waals surface area contributed by atoms with E-state index in [-0.39, 0.29) is 29.4 Å². The van der Waals surface area contributed by atoms with Gasteiger partial charge in [-0.3, -0.25) is 9.59 Å². The Morgan fingerprint density at radius 3 is 2.50 bits per heavy atom. The van der Waals surface area contributed by atoms with Crippen LogP contribution in [0.25, 0.3) is 0 Å². The number of benzene rings is 1. The van der Waals surface area contributed by atoms with Crippen molar-refractivity contribution in [2.45, 2.75) is 19.9 Å². The van der Waals surface area contributed by atoms with Crippen LogP contribution in [0.2, 0.25) is 5.02 Å². The van der Waals surface area contributed by atoms with Gasteiger partial charge in [0.05, 0.1) is 17.5 Å². The maximum Gasteiger partial charge on any atom is 0.230 e. The van der Waals surface area contributed by atoms with Gasteiger partial charge in [0.1, 0.15) is 0 Å². The number of hydrogen-bond donors (Lipinski definition) is 2. The summed E-state index contributed by atoms with van der Waals surface area (Å²) >= 11 is 7.38. The number of nitrogens with two attached hydrogens (primary N) is 1. The second-order valence-corrected chi connectivity index (χ2v) is 6.16. The number of thioether (sulfide) groups is 1. The van der Waals surface area contributed by atoms with Crippen LogP contribution in [-0.2, 0) is 9.59 Å². The van der Waals surface area contributed by atoms with Gasteiger partial charge in [-0.2, -0.15) is 0 Å². The number of carbonyl (C=O) groups excluding carboxylic acids is 2. The molecule has 0 unspecified atom stereocenters. The average Bonchev–Trinajstić information content (AvgIpc) is 2.36. The molecular weight excluding hydrogens is 296 g/mol. The van der Waals surface area contributed by atoms with E-state index in [1.807, 2.05) is 32.0 Å². The molecule has 0 fully saturated rings. The van der Waals surface area contributed by atoms with E-state index in [0.717, 1.165) is 5.56 Å². The zero-order chi connectivity index (χ0) is 15.1. The first-order valence-corrected chi connectivity index (χ1v) is 7.85. The normalized spacial score (nSPS) is 12.2. The van der Waals surface area contributed by atoms with Crippen LogP contribution in [0.4, 0.5) is 0 Å². The van der Waals surface area contributed by atoms with Gasteiger partial charge in [-0.15, -0.1) is 11.8 Å². The second-order valence-electron chi connectivity index (χ2n) is 4.77. The Kier molecular flexibility index (Phi) is 6.88. The third-order valence-corrected chi connectivity index (χ3v) is 4.00. The predicted octanol–water partition coefficient (Wildman–Crippen LogP) is 2.37. The van der Waals surface area contributed by atoms with E-state index in [0.29, 0.717) is 5.02 Å². The molecule has 0 aliphatic rings. The Labute approximate surface area is 128 Å². The largest absolute Gasteiger partial charge is 0.369 e. The molecule has 0 aromatic heterocycles. The quantitative estimate of drug-likeness (QED) is 0.811. The van der Waals surface area contributed by atoms with E-state index in [2.05, 4.69) is 5.32 Å². The van der Waals surface area contributed by atoms with E-state index >= 15 is 0 Å². The van der Waals surface area contributed by atoms with Gasteiger partial charge in [-0.05, 0) is 17.5 Å². The van der Waals surface area contributed by atoms with Crippen molar-refractivity contribution in [3.05, 3.63) is 34.9 Å². The number of rotatable bonds is 7. The highest BCUT2D eigenvalue weighted by molar-refractivity contribution is 8.00. The third-order valence-electron chi connectivity index (χ3n) is 2.70. The minimum atomic E-state index is -0.422. The Balaban J connectivity index is 2.67. The van der Waals surface area contributed by atoms with Crippen LogP contribution in [0.3, 0.4) is 0 Å². The molecule has 0 aliphatic heterocycles. The molecule has 1 rings (SSSR count). The van der Waals surface area contributed by atoms with Gasteiger partial charge in [0.25, 0.3) is 0 Å². The van der Waals surface area contributed by atoms with Crippen LogP contribution >= 0.6 is 23.4 Å². The first kappa shape index (κ1) is 16.9. The van der Waals surface area contributed by atoms with Crippen molar-refractivity contribution in [3.63, 3.8) is 0 Å². The lowest BCUT2D eigenvalue weighted by atomic mass is 9.96. The van der Waals surface area contributed by atoms with Gasteiger partial charge in [0.2, 0.25) is 11.8 Å². The standard InChI is InChI=1S/C14H19ClN2O2S/c1-9(2)14(10-5-3-4-6-11(10)15)17-13(19)8-20-7-12(16)18/h3-6,9,14H,7-8H2,1-2H3,(H2,16,18)(H,17,19)/t14-/m0/s1.